The fourth-order valence-electron chi connectivity index (χ4n) is 3.78. The minimum Gasteiger partial charge on any atom is -0.336 e. The summed E-state index contributed by atoms with van der Waals surface area (Å²) in [5.41, 5.74) is 1.85. The first-order valence-electron chi connectivity index (χ1n) is 10.2. The molecular formula is C22H22ClFN4O3S. The van der Waals surface area contributed by atoms with Crippen LogP contribution >= 0.6 is 11.6 Å². The van der Waals surface area contributed by atoms with Crippen molar-refractivity contribution < 1.29 is 17.6 Å². The number of aromatic nitrogens is 2. The van der Waals surface area contributed by atoms with E-state index in [1.165, 1.54) is 34.8 Å². The van der Waals surface area contributed by atoms with Crippen LogP contribution in [0, 0.1) is 5.82 Å². The highest BCUT2D eigenvalue weighted by Crippen LogP contribution is 2.23. The number of piperazine rings is 1. The van der Waals surface area contributed by atoms with E-state index in [1.807, 2.05) is 6.92 Å². The van der Waals surface area contributed by atoms with Crippen LogP contribution in [-0.4, -0.2) is 59.5 Å². The number of sulfonamides is 1. The number of amides is 1. The van der Waals surface area contributed by atoms with Gasteiger partial charge in [-0.25, -0.2) is 17.5 Å². The van der Waals surface area contributed by atoms with Gasteiger partial charge in [-0.1, -0.05) is 24.6 Å². The molecule has 0 aliphatic carbocycles. The Kier molecular flexibility index (Phi) is 6.32. The second kappa shape index (κ2) is 9.01. The van der Waals surface area contributed by atoms with Gasteiger partial charge >= 0.3 is 0 Å². The number of hydrogen-bond donors (Lipinski definition) is 0. The normalized spacial score (nSPS) is 15.2. The van der Waals surface area contributed by atoms with Crippen LogP contribution in [-0.2, 0) is 16.4 Å². The van der Waals surface area contributed by atoms with Gasteiger partial charge in [0.05, 0.1) is 28.0 Å². The van der Waals surface area contributed by atoms with E-state index < -0.39 is 10.0 Å². The Morgan fingerprint density at radius 3 is 2.41 bits per heavy atom. The van der Waals surface area contributed by atoms with Crippen molar-refractivity contribution in [1.29, 1.82) is 0 Å². The second-order valence-corrected chi connectivity index (χ2v) is 9.77. The number of carbonyl (C=O) groups is 1. The van der Waals surface area contributed by atoms with Crippen molar-refractivity contribution in [3.8, 4) is 5.69 Å². The summed E-state index contributed by atoms with van der Waals surface area (Å²) < 4.78 is 42.0. The maximum Gasteiger partial charge on any atom is 0.257 e. The van der Waals surface area contributed by atoms with Crippen LogP contribution in [0.25, 0.3) is 5.69 Å². The standard InChI is InChI=1S/C22H22ClFN4O3S/c1-2-21-20(15-25-28(21)18-8-6-17(24)7-9-18)22(29)26-10-12-27(13-11-26)32(30,31)19-5-3-4-16(23)14-19/h3-9,14-15H,2,10-13H2,1H3. The fourth-order valence-corrected chi connectivity index (χ4v) is 5.50. The minimum atomic E-state index is -3.68. The molecule has 0 saturated carbocycles. The van der Waals surface area contributed by atoms with Crippen molar-refractivity contribution in [2.45, 2.75) is 18.2 Å². The van der Waals surface area contributed by atoms with Crippen LogP contribution in [0.3, 0.4) is 0 Å². The van der Waals surface area contributed by atoms with Crippen molar-refractivity contribution >= 4 is 27.5 Å². The third kappa shape index (κ3) is 4.28. The average Bonchev–Trinajstić information content (AvgIpc) is 3.23. The Morgan fingerprint density at radius 1 is 1.09 bits per heavy atom. The Balaban J connectivity index is 1.50. The maximum atomic E-state index is 13.3. The first kappa shape index (κ1) is 22.4. The van der Waals surface area contributed by atoms with Gasteiger partial charge in [-0.3, -0.25) is 4.79 Å². The smallest absolute Gasteiger partial charge is 0.257 e. The Morgan fingerprint density at radius 2 is 1.78 bits per heavy atom. The molecule has 0 unspecified atom stereocenters. The van der Waals surface area contributed by atoms with Gasteiger partial charge in [-0.15, -0.1) is 0 Å². The van der Waals surface area contributed by atoms with Crippen molar-refractivity contribution in [2.24, 2.45) is 0 Å². The molecule has 1 aliphatic heterocycles. The predicted molar refractivity (Wildman–Crippen MR) is 119 cm³/mol. The van der Waals surface area contributed by atoms with Crippen LogP contribution in [0.2, 0.25) is 5.02 Å². The lowest BCUT2D eigenvalue weighted by molar-refractivity contribution is 0.0696. The summed E-state index contributed by atoms with van der Waals surface area (Å²) in [6, 6.07) is 12.1. The number of halogens is 2. The molecule has 2 heterocycles. The van der Waals surface area contributed by atoms with Gasteiger partial charge in [0.1, 0.15) is 5.82 Å². The summed E-state index contributed by atoms with van der Waals surface area (Å²) in [6.45, 7) is 2.83. The fraction of sp³-hybridized carbons (Fsp3) is 0.273. The zero-order chi connectivity index (χ0) is 22.9. The zero-order valence-electron chi connectivity index (χ0n) is 17.4. The molecule has 1 saturated heterocycles. The van der Waals surface area contributed by atoms with Gasteiger partial charge < -0.3 is 4.90 Å². The van der Waals surface area contributed by atoms with Crippen molar-refractivity contribution in [3.05, 3.63) is 76.8 Å². The Bertz CT molecular complexity index is 1240. The maximum absolute atomic E-state index is 13.3. The topological polar surface area (TPSA) is 75.5 Å². The van der Waals surface area contributed by atoms with E-state index >= 15 is 0 Å². The number of benzene rings is 2. The molecule has 0 N–H and O–H groups in total. The second-order valence-electron chi connectivity index (χ2n) is 7.40. The molecule has 4 rings (SSSR count). The highest BCUT2D eigenvalue weighted by atomic mass is 35.5. The monoisotopic (exact) mass is 476 g/mol. The van der Waals surface area contributed by atoms with Crippen LogP contribution in [0.1, 0.15) is 23.0 Å². The molecule has 1 amide bonds. The SMILES string of the molecule is CCc1c(C(=O)N2CCN(S(=O)(=O)c3cccc(Cl)c3)CC2)cnn1-c1ccc(F)cc1. The lowest BCUT2D eigenvalue weighted by atomic mass is 10.1. The van der Waals surface area contributed by atoms with Crippen LogP contribution < -0.4 is 0 Å². The van der Waals surface area contributed by atoms with E-state index in [1.54, 1.807) is 33.8 Å². The molecular weight excluding hydrogens is 455 g/mol. The van der Waals surface area contributed by atoms with E-state index in [0.717, 1.165) is 5.69 Å². The number of hydrogen-bond acceptors (Lipinski definition) is 4. The predicted octanol–water partition coefficient (Wildman–Crippen LogP) is 3.37. The summed E-state index contributed by atoms with van der Waals surface area (Å²) in [5.74, 6) is -0.545. The third-order valence-corrected chi connectivity index (χ3v) is 7.59. The zero-order valence-corrected chi connectivity index (χ0v) is 19.0. The van der Waals surface area contributed by atoms with E-state index in [0.29, 0.717) is 22.7 Å². The number of nitrogens with zero attached hydrogens (tertiary/aromatic N) is 4. The van der Waals surface area contributed by atoms with Crippen molar-refractivity contribution in [3.63, 3.8) is 0 Å². The Hall–Kier alpha value is -2.75. The largest absolute Gasteiger partial charge is 0.336 e. The average molecular weight is 477 g/mol. The van der Waals surface area contributed by atoms with E-state index in [2.05, 4.69) is 5.10 Å². The molecule has 168 valence electrons. The van der Waals surface area contributed by atoms with Gasteiger partial charge in [-0.2, -0.15) is 9.40 Å². The summed E-state index contributed by atoms with van der Waals surface area (Å²) in [6.07, 6.45) is 2.07. The molecule has 3 aromatic rings. The van der Waals surface area contributed by atoms with Gasteiger partial charge in [-0.05, 0) is 48.9 Å². The molecule has 0 spiro atoms. The quantitative estimate of drug-likeness (QED) is 0.565. The summed E-state index contributed by atoms with van der Waals surface area (Å²) >= 11 is 5.94. The van der Waals surface area contributed by atoms with Gasteiger partial charge in [0.25, 0.3) is 5.91 Å². The summed E-state index contributed by atoms with van der Waals surface area (Å²) in [4.78, 5) is 14.9. The lowest BCUT2D eigenvalue weighted by Crippen LogP contribution is -2.50. The first-order chi connectivity index (χ1) is 15.3. The number of carbonyl (C=O) groups excluding carboxylic acids is 1. The van der Waals surface area contributed by atoms with Crippen molar-refractivity contribution in [1.82, 2.24) is 19.0 Å². The molecule has 0 radical (unpaired) electrons. The molecule has 0 atom stereocenters. The van der Waals surface area contributed by atoms with E-state index in [9.17, 15) is 17.6 Å². The molecule has 2 aromatic carbocycles. The molecule has 32 heavy (non-hydrogen) atoms. The minimum absolute atomic E-state index is 0.138. The van der Waals surface area contributed by atoms with E-state index in [-0.39, 0.29) is 42.8 Å². The van der Waals surface area contributed by atoms with Gasteiger partial charge in [0.15, 0.2) is 0 Å². The highest BCUT2D eigenvalue weighted by Gasteiger charge is 2.31. The van der Waals surface area contributed by atoms with Crippen LogP contribution in [0.5, 0.6) is 0 Å². The molecule has 1 aromatic heterocycles. The summed E-state index contributed by atoms with van der Waals surface area (Å²) in [7, 11) is -3.68. The third-order valence-electron chi connectivity index (χ3n) is 5.47. The van der Waals surface area contributed by atoms with Gasteiger partial charge in [0.2, 0.25) is 10.0 Å². The highest BCUT2D eigenvalue weighted by molar-refractivity contribution is 7.89. The van der Waals surface area contributed by atoms with E-state index in [4.69, 9.17) is 11.6 Å². The molecule has 0 bridgehead atoms. The molecule has 1 aliphatic rings. The van der Waals surface area contributed by atoms with Crippen LogP contribution in [0.4, 0.5) is 4.39 Å². The van der Waals surface area contributed by atoms with Gasteiger partial charge in [0, 0.05) is 31.2 Å². The summed E-state index contributed by atoms with van der Waals surface area (Å²) in [5, 5.41) is 4.68. The molecule has 1 fully saturated rings. The molecule has 7 nitrogen and oxygen atoms in total. The van der Waals surface area contributed by atoms with Crippen molar-refractivity contribution in [2.75, 3.05) is 26.2 Å². The van der Waals surface area contributed by atoms with Crippen LogP contribution in [0.15, 0.2) is 59.6 Å². The Labute approximate surface area is 191 Å². The first-order valence-corrected chi connectivity index (χ1v) is 12.0. The lowest BCUT2D eigenvalue weighted by Gasteiger charge is -2.34. The molecule has 10 heteroatoms. The number of rotatable bonds is 5.